The van der Waals surface area contributed by atoms with Crippen LogP contribution in [0.1, 0.15) is 22.8 Å². The van der Waals surface area contributed by atoms with Crippen LogP contribution in [0.5, 0.6) is 0 Å². The van der Waals surface area contributed by atoms with Crippen molar-refractivity contribution in [2.45, 2.75) is 19.4 Å². The van der Waals surface area contributed by atoms with Gasteiger partial charge in [-0.15, -0.1) is 0 Å². The number of rotatable bonds is 3. The lowest BCUT2D eigenvalue weighted by molar-refractivity contribution is 0.173. The van der Waals surface area contributed by atoms with Crippen molar-refractivity contribution in [2.75, 3.05) is 0 Å². The number of aryl methyl sites for hydroxylation is 1. The van der Waals surface area contributed by atoms with Crippen LogP contribution in [-0.2, 0) is 6.42 Å². The molecule has 2 rings (SSSR count). The highest BCUT2D eigenvalue weighted by molar-refractivity contribution is 5.26. The minimum absolute atomic E-state index is 0.333. The Morgan fingerprint density at radius 1 is 1.35 bits per heavy atom. The van der Waals surface area contributed by atoms with Crippen LogP contribution in [0, 0.1) is 12.7 Å². The van der Waals surface area contributed by atoms with Gasteiger partial charge in [-0.3, -0.25) is 4.98 Å². The third-order valence-electron chi connectivity index (χ3n) is 2.67. The van der Waals surface area contributed by atoms with Gasteiger partial charge in [0.05, 0.1) is 6.10 Å². The molecule has 0 amide bonds. The summed E-state index contributed by atoms with van der Waals surface area (Å²) < 4.78 is 13.6. The van der Waals surface area contributed by atoms with Crippen molar-refractivity contribution in [3.05, 3.63) is 65.2 Å². The molecule has 1 atom stereocenters. The molecule has 1 aromatic heterocycles. The Kier molecular flexibility index (Phi) is 3.49. The minimum Gasteiger partial charge on any atom is -0.388 e. The quantitative estimate of drug-likeness (QED) is 0.881. The van der Waals surface area contributed by atoms with E-state index in [9.17, 15) is 9.50 Å². The van der Waals surface area contributed by atoms with Gasteiger partial charge in [-0.25, -0.2) is 4.39 Å². The van der Waals surface area contributed by atoms with E-state index in [1.165, 1.54) is 6.07 Å². The third-order valence-corrected chi connectivity index (χ3v) is 2.67. The second-order valence-electron chi connectivity index (χ2n) is 4.11. The molecule has 2 nitrogen and oxygen atoms in total. The smallest absolute Gasteiger partial charge is 0.129 e. The van der Waals surface area contributed by atoms with E-state index in [4.69, 9.17) is 0 Å². The highest BCUT2D eigenvalue weighted by Gasteiger charge is 2.13. The zero-order valence-corrected chi connectivity index (χ0v) is 9.60. The molecule has 1 N–H and O–H groups in total. The number of halogens is 1. The molecule has 0 radical (unpaired) electrons. The molecule has 0 aliphatic rings. The van der Waals surface area contributed by atoms with Gasteiger partial charge in [0.1, 0.15) is 5.82 Å². The van der Waals surface area contributed by atoms with Gasteiger partial charge in [-0.05, 0) is 30.2 Å². The molecule has 3 heteroatoms. The zero-order chi connectivity index (χ0) is 12.3. The van der Waals surface area contributed by atoms with Crippen LogP contribution in [-0.4, -0.2) is 10.1 Å². The molecule has 2 aromatic rings. The van der Waals surface area contributed by atoms with E-state index < -0.39 is 6.10 Å². The SMILES string of the molecule is Cc1ccc(C(O)Cc2cccnc2)c(F)c1. The maximum atomic E-state index is 13.6. The Balaban J connectivity index is 2.17. The molecule has 0 aliphatic heterocycles. The number of aliphatic hydroxyl groups excluding tert-OH is 1. The first kappa shape index (κ1) is 11.7. The summed E-state index contributed by atoms with van der Waals surface area (Å²) in [6.07, 6.45) is 2.88. The first-order chi connectivity index (χ1) is 8.16. The van der Waals surface area contributed by atoms with Crippen LogP contribution in [0.3, 0.4) is 0 Å². The summed E-state index contributed by atoms with van der Waals surface area (Å²) in [5.41, 5.74) is 2.07. The van der Waals surface area contributed by atoms with E-state index in [1.807, 2.05) is 13.0 Å². The lowest BCUT2D eigenvalue weighted by Gasteiger charge is -2.12. The third kappa shape index (κ3) is 2.88. The maximum absolute atomic E-state index is 13.6. The topological polar surface area (TPSA) is 33.1 Å². The Morgan fingerprint density at radius 3 is 2.82 bits per heavy atom. The monoisotopic (exact) mass is 231 g/mol. The van der Waals surface area contributed by atoms with Crippen LogP contribution in [0.25, 0.3) is 0 Å². The van der Waals surface area contributed by atoms with Crippen molar-refractivity contribution in [1.82, 2.24) is 4.98 Å². The molecule has 0 saturated carbocycles. The standard InChI is InChI=1S/C14H14FNO/c1-10-4-5-12(13(15)7-10)14(17)8-11-3-2-6-16-9-11/h2-7,9,14,17H,8H2,1H3. The van der Waals surface area contributed by atoms with Gasteiger partial charge in [0.25, 0.3) is 0 Å². The lowest BCUT2D eigenvalue weighted by Crippen LogP contribution is -2.04. The molecular formula is C14H14FNO. The van der Waals surface area contributed by atoms with Gasteiger partial charge in [0.15, 0.2) is 0 Å². The molecule has 0 aliphatic carbocycles. The Hall–Kier alpha value is -1.74. The largest absolute Gasteiger partial charge is 0.388 e. The second kappa shape index (κ2) is 5.06. The Labute approximate surface area is 99.8 Å². The predicted octanol–water partition coefficient (Wildman–Crippen LogP) is 2.81. The molecule has 17 heavy (non-hydrogen) atoms. The maximum Gasteiger partial charge on any atom is 0.129 e. The van der Waals surface area contributed by atoms with E-state index >= 15 is 0 Å². The fourth-order valence-electron chi connectivity index (χ4n) is 1.75. The minimum atomic E-state index is -0.834. The summed E-state index contributed by atoms with van der Waals surface area (Å²) in [6.45, 7) is 1.82. The van der Waals surface area contributed by atoms with Crippen LogP contribution < -0.4 is 0 Å². The molecule has 1 unspecified atom stereocenters. The first-order valence-electron chi connectivity index (χ1n) is 5.50. The number of hydrogen-bond donors (Lipinski definition) is 1. The van der Waals surface area contributed by atoms with E-state index in [2.05, 4.69) is 4.98 Å². The van der Waals surface area contributed by atoms with Gasteiger partial charge in [0, 0.05) is 24.4 Å². The summed E-state index contributed by atoms with van der Waals surface area (Å²) in [5.74, 6) is -0.360. The van der Waals surface area contributed by atoms with Crippen LogP contribution in [0.4, 0.5) is 4.39 Å². The van der Waals surface area contributed by atoms with Gasteiger partial charge in [0.2, 0.25) is 0 Å². The summed E-state index contributed by atoms with van der Waals surface area (Å²) in [7, 11) is 0. The van der Waals surface area contributed by atoms with Crippen molar-refractivity contribution < 1.29 is 9.50 Å². The molecule has 0 fully saturated rings. The van der Waals surface area contributed by atoms with Crippen LogP contribution in [0.15, 0.2) is 42.7 Å². The lowest BCUT2D eigenvalue weighted by atomic mass is 10.0. The number of benzene rings is 1. The number of nitrogens with zero attached hydrogens (tertiary/aromatic N) is 1. The van der Waals surface area contributed by atoms with Crippen molar-refractivity contribution in [3.8, 4) is 0 Å². The van der Waals surface area contributed by atoms with Gasteiger partial charge >= 0.3 is 0 Å². The molecule has 1 heterocycles. The van der Waals surface area contributed by atoms with Crippen molar-refractivity contribution in [3.63, 3.8) is 0 Å². The number of aliphatic hydroxyl groups is 1. The summed E-state index contributed by atoms with van der Waals surface area (Å²) in [4.78, 5) is 3.96. The molecule has 0 spiro atoms. The van der Waals surface area contributed by atoms with E-state index in [1.54, 1.807) is 30.6 Å². The van der Waals surface area contributed by atoms with Crippen molar-refractivity contribution >= 4 is 0 Å². The van der Waals surface area contributed by atoms with Gasteiger partial charge < -0.3 is 5.11 Å². The summed E-state index contributed by atoms with van der Waals surface area (Å²) >= 11 is 0. The summed E-state index contributed by atoms with van der Waals surface area (Å²) in [5, 5.41) is 9.98. The molecular weight excluding hydrogens is 217 g/mol. The number of hydrogen-bond acceptors (Lipinski definition) is 2. The average Bonchev–Trinajstić information content (AvgIpc) is 2.30. The second-order valence-corrected chi connectivity index (χ2v) is 4.11. The first-order valence-corrected chi connectivity index (χ1v) is 5.50. The molecule has 1 aromatic carbocycles. The normalized spacial score (nSPS) is 12.4. The van der Waals surface area contributed by atoms with Crippen LogP contribution in [0.2, 0.25) is 0 Å². The predicted molar refractivity (Wildman–Crippen MR) is 64.0 cm³/mol. The number of aromatic nitrogens is 1. The van der Waals surface area contributed by atoms with Gasteiger partial charge in [-0.1, -0.05) is 18.2 Å². The molecule has 0 bridgehead atoms. The fourth-order valence-corrected chi connectivity index (χ4v) is 1.75. The highest BCUT2D eigenvalue weighted by Crippen LogP contribution is 2.21. The van der Waals surface area contributed by atoms with Crippen molar-refractivity contribution in [2.24, 2.45) is 0 Å². The fraction of sp³-hybridized carbons (Fsp3) is 0.214. The average molecular weight is 231 g/mol. The van der Waals surface area contributed by atoms with E-state index in [-0.39, 0.29) is 5.82 Å². The van der Waals surface area contributed by atoms with Gasteiger partial charge in [-0.2, -0.15) is 0 Å². The summed E-state index contributed by atoms with van der Waals surface area (Å²) in [6, 6.07) is 8.52. The highest BCUT2D eigenvalue weighted by atomic mass is 19.1. The van der Waals surface area contributed by atoms with E-state index in [0.717, 1.165) is 11.1 Å². The Bertz CT molecular complexity index is 499. The zero-order valence-electron chi connectivity index (χ0n) is 9.60. The van der Waals surface area contributed by atoms with Crippen LogP contribution >= 0.6 is 0 Å². The molecule has 0 saturated heterocycles. The number of pyridine rings is 1. The molecule has 88 valence electrons. The Morgan fingerprint density at radius 2 is 2.18 bits per heavy atom. The van der Waals surface area contributed by atoms with Crippen molar-refractivity contribution in [1.29, 1.82) is 0 Å². The van der Waals surface area contributed by atoms with E-state index in [0.29, 0.717) is 12.0 Å².